The standard InChI is InChI=1S/C30H38F5NO3S/c1-36(15-7-16-40(38,39)17-13-30(33,34)35)14-5-3-2-4-9-29-27(23-18-24(31)21-25(32)19-23)10-6-8-22-20-26(37)11-12-28(22)29/h11-12,18-21,37H,2-10,13-17H2,1H3. The van der Waals surface area contributed by atoms with Crippen LogP contribution >= 0.6 is 0 Å². The SMILES string of the molecule is CN(CCCCCCC1=C(c2cc(F)cc(F)c2)CCCc2cc(O)ccc21)CCCS(=O)(=O)CCC(F)(F)F. The van der Waals surface area contributed by atoms with Crippen LogP contribution in [0, 0.1) is 11.6 Å². The summed E-state index contributed by atoms with van der Waals surface area (Å²) in [5.74, 6) is -2.14. The van der Waals surface area contributed by atoms with Crippen LogP contribution in [0.4, 0.5) is 22.0 Å². The molecule has 40 heavy (non-hydrogen) atoms. The molecule has 0 aliphatic heterocycles. The summed E-state index contributed by atoms with van der Waals surface area (Å²) in [5, 5.41) is 10.00. The molecule has 0 atom stereocenters. The minimum atomic E-state index is -4.47. The average Bonchev–Trinajstić information content (AvgIpc) is 3.03. The minimum Gasteiger partial charge on any atom is -0.508 e. The van der Waals surface area contributed by atoms with E-state index in [4.69, 9.17) is 0 Å². The number of allylic oxidation sites excluding steroid dienone is 2. The van der Waals surface area contributed by atoms with Crippen LogP contribution in [0.3, 0.4) is 0 Å². The van der Waals surface area contributed by atoms with Gasteiger partial charge in [-0.2, -0.15) is 13.2 Å². The number of nitrogens with zero attached hydrogens (tertiary/aromatic N) is 1. The van der Waals surface area contributed by atoms with Gasteiger partial charge in [0.25, 0.3) is 0 Å². The van der Waals surface area contributed by atoms with Gasteiger partial charge in [-0.05, 0) is 117 Å². The lowest BCUT2D eigenvalue weighted by molar-refractivity contribution is -0.129. The monoisotopic (exact) mass is 587 g/mol. The first kappa shape index (κ1) is 32.1. The number of unbranched alkanes of at least 4 members (excludes halogenated alkanes) is 3. The molecule has 1 aliphatic rings. The quantitative estimate of drug-likeness (QED) is 0.183. The number of hydrogen-bond donors (Lipinski definition) is 1. The van der Waals surface area contributed by atoms with Crippen molar-refractivity contribution in [3.63, 3.8) is 0 Å². The molecule has 3 rings (SSSR count). The highest BCUT2D eigenvalue weighted by Crippen LogP contribution is 2.40. The number of halogens is 5. The summed E-state index contributed by atoms with van der Waals surface area (Å²) in [6.45, 7) is 1.25. The van der Waals surface area contributed by atoms with E-state index in [1.807, 2.05) is 18.0 Å². The van der Waals surface area contributed by atoms with E-state index in [1.54, 1.807) is 12.1 Å². The smallest absolute Gasteiger partial charge is 0.390 e. The Morgan fingerprint density at radius 2 is 1.55 bits per heavy atom. The third-order valence-electron chi connectivity index (χ3n) is 7.27. The first-order valence-corrected chi connectivity index (χ1v) is 15.6. The largest absolute Gasteiger partial charge is 0.508 e. The molecule has 0 saturated heterocycles. The summed E-state index contributed by atoms with van der Waals surface area (Å²) in [6.07, 6.45) is 1.15. The van der Waals surface area contributed by atoms with Crippen LogP contribution in [0.15, 0.2) is 36.4 Å². The number of sulfone groups is 1. The highest BCUT2D eigenvalue weighted by molar-refractivity contribution is 7.91. The number of phenols is 1. The summed E-state index contributed by atoms with van der Waals surface area (Å²) in [4.78, 5) is 1.99. The van der Waals surface area contributed by atoms with Gasteiger partial charge in [0.15, 0.2) is 9.84 Å². The molecule has 0 unspecified atom stereocenters. The van der Waals surface area contributed by atoms with Crippen LogP contribution in [-0.4, -0.2) is 56.2 Å². The van der Waals surface area contributed by atoms with Gasteiger partial charge in [0, 0.05) is 6.07 Å². The normalized spacial score (nSPS) is 14.5. The van der Waals surface area contributed by atoms with Crippen molar-refractivity contribution >= 4 is 21.0 Å². The van der Waals surface area contributed by atoms with Crippen molar-refractivity contribution in [2.24, 2.45) is 0 Å². The van der Waals surface area contributed by atoms with E-state index in [0.717, 1.165) is 79.8 Å². The fraction of sp³-hybridized carbons (Fsp3) is 0.533. The van der Waals surface area contributed by atoms with Crippen LogP contribution in [-0.2, 0) is 16.3 Å². The van der Waals surface area contributed by atoms with Crippen molar-refractivity contribution in [2.45, 2.75) is 70.4 Å². The van der Waals surface area contributed by atoms with Crippen LogP contribution in [0.25, 0.3) is 11.1 Å². The summed E-state index contributed by atoms with van der Waals surface area (Å²) in [6, 6.07) is 8.92. The van der Waals surface area contributed by atoms with Crippen molar-refractivity contribution < 1.29 is 35.5 Å². The number of aromatic hydroxyl groups is 1. The molecule has 1 aliphatic carbocycles. The van der Waals surface area contributed by atoms with Gasteiger partial charge in [0.05, 0.1) is 17.9 Å². The van der Waals surface area contributed by atoms with Gasteiger partial charge in [-0.15, -0.1) is 0 Å². The van der Waals surface area contributed by atoms with E-state index < -0.39 is 39.8 Å². The zero-order valence-corrected chi connectivity index (χ0v) is 23.7. The molecular weight excluding hydrogens is 549 g/mol. The topological polar surface area (TPSA) is 57.6 Å². The molecule has 2 aromatic rings. The summed E-state index contributed by atoms with van der Waals surface area (Å²) >= 11 is 0. The molecule has 0 spiro atoms. The molecule has 0 heterocycles. The number of hydrogen-bond acceptors (Lipinski definition) is 4. The zero-order chi connectivity index (χ0) is 29.3. The summed E-state index contributed by atoms with van der Waals surface area (Å²) in [5.41, 5.74) is 4.59. The molecule has 0 amide bonds. The summed E-state index contributed by atoms with van der Waals surface area (Å²) in [7, 11) is -1.85. The van der Waals surface area contributed by atoms with Crippen molar-refractivity contribution in [2.75, 3.05) is 31.6 Å². The first-order chi connectivity index (χ1) is 18.8. The van der Waals surface area contributed by atoms with Crippen molar-refractivity contribution in [3.8, 4) is 5.75 Å². The van der Waals surface area contributed by atoms with E-state index >= 15 is 0 Å². The fourth-order valence-corrected chi connectivity index (χ4v) is 6.57. The first-order valence-electron chi connectivity index (χ1n) is 13.8. The average molecular weight is 588 g/mol. The highest BCUT2D eigenvalue weighted by atomic mass is 32.2. The Bertz CT molecular complexity index is 1250. The van der Waals surface area contributed by atoms with E-state index in [1.165, 1.54) is 12.1 Å². The molecule has 10 heteroatoms. The van der Waals surface area contributed by atoms with Gasteiger partial charge in [0.2, 0.25) is 0 Å². The maximum atomic E-state index is 14.1. The minimum absolute atomic E-state index is 0.196. The molecule has 0 aromatic heterocycles. The van der Waals surface area contributed by atoms with Gasteiger partial charge in [-0.25, -0.2) is 17.2 Å². The highest BCUT2D eigenvalue weighted by Gasteiger charge is 2.29. The Hall–Kier alpha value is -2.46. The van der Waals surface area contributed by atoms with Gasteiger partial charge < -0.3 is 10.0 Å². The number of benzene rings is 2. The van der Waals surface area contributed by atoms with Crippen LogP contribution in [0.1, 0.15) is 74.5 Å². The molecule has 1 N–H and O–H groups in total. The molecule has 0 fully saturated rings. The third-order valence-corrected chi connectivity index (χ3v) is 9.01. The van der Waals surface area contributed by atoms with E-state index in [2.05, 4.69) is 0 Å². The van der Waals surface area contributed by atoms with Crippen molar-refractivity contribution in [3.05, 3.63) is 64.7 Å². The lowest BCUT2D eigenvalue weighted by Crippen LogP contribution is -2.24. The second kappa shape index (κ2) is 14.4. The maximum absolute atomic E-state index is 14.1. The number of fused-ring (bicyclic) bond motifs is 1. The number of rotatable bonds is 14. The Balaban J connectivity index is 1.52. The molecule has 2 aromatic carbocycles. The molecular formula is C30H38F5NO3S. The lowest BCUT2D eigenvalue weighted by Gasteiger charge is -2.18. The van der Waals surface area contributed by atoms with Crippen LogP contribution < -0.4 is 0 Å². The Morgan fingerprint density at radius 1 is 0.875 bits per heavy atom. The Kier molecular flexibility index (Phi) is 11.6. The predicted molar refractivity (Wildman–Crippen MR) is 149 cm³/mol. The second-order valence-corrected chi connectivity index (χ2v) is 13.0. The van der Waals surface area contributed by atoms with Crippen LogP contribution in [0.2, 0.25) is 0 Å². The van der Waals surface area contributed by atoms with Gasteiger partial charge in [-0.3, -0.25) is 0 Å². The number of phenolic OH excluding ortho intramolecular Hbond substituents is 1. The Morgan fingerprint density at radius 3 is 2.25 bits per heavy atom. The third kappa shape index (κ3) is 10.5. The molecule has 0 saturated carbocycles. The lowest BCUT2D eigenvalue weighted by atomic mass is 9.89. The molecule has 0 bridgehead atoms. The zero-order valence-electron chi connectivity index (χ0n) is 22.9. The van der Waals surface area contributed by atoms with Crippen LogP contribution in [0.5, 0.6) is 5.75 Å². The molecule has 4 nitrogen and oxygen atoms in total. The van der Waals surface area contributed by atoms with Gasteiger partial charge in [0.1, 0.15) is 17.4 Å². The second-order valence-electron chi connectivity index (χ2n) is 10.6. The van der Waals surface area contributed by atoms with Gasteiger partial charge in [-0.1, -0.05) is 18.9 Å². The van der Waals surface area contributed by atoms with E-state index in [-0.39, 0.29) is 11.5 Å². The number of aryl methyl sites for hydroxylation is 1. The number of alkyl halides is 3. The summed E-state index contributed by atoms with van der Waals surface area (Å²) < 4.78 is 88.6. The molecule has 222 valence electrons. The van der Waals surface area contributed by atoms with Crippen molar-refractivity contribution in [1.29, 1.82) is 0 Å². The fourth-order valence-electron chi connectivity index (χ4n) is 5.26. The van der Waals surface area contributed by atoms with E-state index in [0.29, 0.717) is 24.9 Å². The van der Waals surface area contributed by atoms with Crippen molar-refractivity contribution in [1.82, 2.24) is 4.90 Å². The maximum Gasteiger partial charge on any atom is 0.390 e. The Labute approximate surface area is 233 Å². The van der Waals surface area contributed by atoms with E-state index in [9.17, 15) is 35.5 Å². The predicted octanol–water partition coefficient (Wildman–Crippen LogP) is 7.56. The molecule has 0 radical (unpaired) electrons. The van der Waals surface area contributed by atoms with Gasteiger partial charge >= 0.3 is 6.18 Å².